The number of rotatable bonds is 14. The van der Waals surface area contributed by atoms with Crippen LogP contribution >= 0.6 is 159 Å². The van der Waals surface area contributed by atoms with Gasteiger partial charge in [0.1, 0.15) is 6.61 Å². The van der Waals surface area contributed by atoms with Crippen molar-refractivity contribution in [3.05, 3.63) is 322 Å². The third-order valence-corrected chi connectivity index (χ3v) is 25.8. The molecule has 0 bridgehead atoms. The van der Waals surface area contributed by atoms with E-state index >= 15 is 0 Å². The second kappa shape index (κ2) is 59.6. The third-order valence-electron chi connectivity index (χ3n) is 16.6. The summed E-state index contributed by atoms with van der Waals surface area (Å²) in [4.78, 5) is 86.3. The van der Waals surface area contributed by atoms with Crippen molar-refractivity contribution in [2.45, 2.75) is 75.8 Å². The molecule has 0 aliphatic carbocycles. The van der Waals surface area contributed by atoms with Gasteiger partial charge in [0, 0.05) is 118 Å². The first-order valence-corrected chi connectivity index (χ1v) is 47.2. The molecule has 0 spiro atoms. The molecule has 3 aromatic heterocycles. The molecule has 0 fully saturated rings. The lowest BCUT2D eigenvalue weighted by Gasteiger charge is -2.13. The molecule has 0 aliphatic heterocycles. The van der Waals surface area contributed by atoms with Gasteiger partial charge in [0.05, 0.1) is 45.2 Å². The maximum absolute atomic E-state index is 12.1. The van der Waals surface area contributed by atoms with Crippen LogP contribution in [0.25, 0.3) is 77.2 Å². The quantitative estimate of drug-likeness (QED) is 0.0275. The van der Waals surface area contributed by atoms with Crippen LogP contribution in [0.4, 0.5) is 22.7 Å². The molecule has 0 saturated carbocycles. The van der Waals surface area contributed by atoms with Crippen molar-refractivity contribution in [2.24, 2.45) is 0 Å². The fourth-order valence-corrected chi connectivity index (χ4v) is 14.4. The minimum Gasteiger partial charge on any atom is -0.503 e. The maximum atomic E-state index is 12.1. The molecular formula is C96H99Br10N7O15. The summed E-state index contributed by atoms with van der Waals surface area (Å²) in [6.07, 6.45) is 0.729. The molecule has 3 heterocycles. The number of benzene rings is 11. The first-order valence-electron chi connectivity index (χ1n) is 39.3. The standard InChI is InChI=1S/C22H17NO2.C21H15NO2.C10H7Br2NO2.C9H9Br2NO2.C7H5Br2NO2.C7H7Br2NO.C7H5Br2NO.C5H10O3.4C2H6/c1-25-21-13-17-12-18(15-8-4-2-5-9-15)19(14-20(17)23-22(21)24)16-10-6-3-7-11-16;23-20-12-16-11-17(14-7-3-1-4-8-14)18(13-19(16)22-21(20)24)15-9-5-2-6-10-15;1-15-9-3-5-2-6(11)7(12)4-8(5)13-10(9)14;1-2-14-9(13)5-3-6(10)7(11)4-8(5)12;8-4-1-3(7(11)12)6(10)2-5(4)9;2*8-5-1-4(3-11)7(10)2-6(5)9;1-3-8-5(6)4-7-2;4*1-2/h2-14H,1H3,(H,23,24);1-13,23H,(H,22,24);2-4H,1H3,(H,13,14);3-4H,2,12H2,1H3;1-2H,10H2,(H,11,12);1-2,11H,3,10H2;1-3H,10H2;3-4H2,1-2H3;4*1-2H3. The van der Waals surface area contributed by atoms with Crippen LogP contribution in [0.3, 0.4) is 0 Å². The van der Waals surface area contributed by atoms with Crippen LogP contribution < -0.4 is 49.1 Å². The van der Waals surface area contributed by atoms with Crippen molar-refractivity contribution >= 4 is 239 Å². The molecule has 0 radical (unpaired) electrons. The SMILES string of the molecule is CC.CC.CC.CC.CCOC(=O)COC.CCOC(=O)c1cc(Br)c(Br)cc1N.COc1cc2cc(-c3ccccc3)c(-c3ccccc3)cc2[nH]c1=O.COc1cc2cc(Br)c(Br)cc2[nH]c1=O.Nc1cc(Br)c(Br)cc1C(=O)O.Nc1cc(Br)c(Br)cc1C=O.Nc1cc(Br)c(Br)cc1CO.O=c1[nH]c2cc(-c3ccccc3)c(-c3ccccc3)cc2cc1O. The van der Waals surface area contributed by atoms with Gasteiger partial charge in [-0.3, -0.25) is 19.2 Å². The molecule has 14 aromatic rings. The number of hydrogen-bond acceptors (Lipinski definition) is 18. The number of anilines is 4. The normalized spacial score (nSPS) is 9.81. The van der Waals surface area contributed by atoms with Crippen molar-refractivity contribution in [1.82, 2.24) is 15.0 Å². The lowest BCUT2D eigenvalue weighted by atomic mass is 9.93. The van der Waals surface area contributed by atoms with Gasteiger partial charge in [0.2, 0.25) is 0 Å². The number of methoxy groups -OCH3 is 3. The van der Waals surface area contributed by atoms with Gasteiger partial charge in [-0.25, -0.2) is 14.4 Å². The molecule has 678 valence electrons. The van der Waals surface area contributed by atoms with E-state index in [1.54, 1.807) is 68.4 Å². The second-order valence-electron chi connectivity index (χ2n) is 24.7. The summed E-state index contributed by atoms with van der Waals surface area (Å²) in [5, 5.41) is 29.9. The van der Waals surface area contributed by atoms with Gasteiger partial charge in [-0.1, -0.05) is 177 Å². The van der Waals surface area contributed by atoms with E-state index in [1.807, 2.05) is 171 Å². The number of carboxylic acid groups (broad SMARTS) is 1. The summed E-state index contributed by atoms with van der Waals surface area (Å²) < 4.78 is 32.3. The van der Waals surface area contributed by atoms with Gasteiger partial charge in [-0.2, -0.15) is 0 Å². The number of aromatic nitrogens is 3. The number of nitrogen functional groups attached to an aromatic ring is 4. The predicted octanol–water partition coefficient (Wildman–Crippen LogP) is 27.2. The van der Waals surface area contributed by atoms with E-state index in [9.17, 15) is 38.7 Å². The number of aldehydes is 1. The first kappa shape index (κ1) is 113. The van der Waals surface area contributed by atoms with Gasteiger partial charge in [-0.05, 0) is 321 Å². The Morgan fingerprint density at radius 3 is 1.09 bits per heavy atom. The van der Waals surface area contributed by atoms with Crippen molar-refractivity contribution < 1.29 is 58.2 Å². The number of esters is 2. The fourth-order valence-electron chi connectivity index (χ4n) is 10.8. The van der Waals surface area contributed by atoms with Crippen molar-refractivity contribution in [2.75, 3.05) is 64.1 Å². The summed E-state index contributed by atoms with van der Waals surface area (Å²) in [5.74, 6) is -1.38. The number of halogens is 10. The first-order chi connectivity index (χ1) is 61.3. The number of carboxylic acids is 1. The number of carbonyl (C=O) groups excluding carboxylic acids is 3. The smallest absolute Gasteiger partial charge is 0.340 e. The van der Waals surface area contributed by atoms with Crippen molar-refractivity contribution in [3.63, 3.8) is 0 Å². The van der Waals surface area contributed by atoms with E-state index in [0.29, 0.717) is 62.9 Å². The Morgan fingerprint density at radius 1 is 0.383 bits per heavy atom. The minimum absolute atomic E-state index is 0.0300. The van der Waals surface area contributed by atoms with Gasteiger partial charge in [-0.15, -0.1) is 0 Å². The van der Waals surface area contributed by atoms with E-state index in [-0.39, 0.29) is 47.3 Å². The number of fused-ring (bicyclic) bond motifs is 3. The number of pyridine rings is 3. The Morgan fingerprint density at radius 2 is 0.703 bits per heavy atom. The van der Waals surface area contributed by atoms with E-state index in [2.05, 4.69) is 226 Å². The number of aliphatic hydroxyl groups is 1. The van der Waals surface area contributed by atoms with Crippen LogP contribution in [0.2, 0.25) is 0 Å². The molecule has 0 saturated heterocycles. The van der Waals surface area contributed by atoms with E-state index < -0.39 is 17.5 Å². The number of ether oxygens (including phenoxy) is 5. The molecule has 0 aliphatic rings. The van der Waals surface area contributed by atoms with Crippen molar-refractivity contribution in [1.29, 1.82) is 0 Å². The fraction of sp³-hybridized carbons (Fsp3) is 0.177. The Kier molecular flexibility index (Phi) is 52.5. The Bertz CT molecular complexity index is 6130. The average Bonchev–Trinajstić information content (AvgIpc) is 0.784. The molecule has 128 heavy (non-hydrogen) atoms. The van der Waals surface area contributed by atoms with Gasteiger partial charge >= 0.3 is 17.9 Å². The molecule has 14 rings (SSSR count). The highest BCUT2D eigenvalue weighted by atomic mass is 79.9. The van der Waals surface area contributed by atoms with E-state index in [4.69, 9.17) is 47.4 Å². The maximum Gasteiger partial charge on any atom is 0.340 e. The lowest BCUT2D eigenvalue weighted by Crippen LogP contribution is -2.10. The lowest BCUT2D eigenvalue weighted by molar-refractivity contribution is -0.147. The zero-order chi connectivity index (χ0) is 96.0. The molecule has 32 heteroatoms. The molecular weight excluding hydrogens is 2290 g/mol. The summed E-state index contributed by atoms with van der Waals surface area (Å²) in [5.41, 5.74) is 35.7. The average molecular weight is 2390 g/mol. The molecule has 0 atom stereocenters. The number of aromatic hydroxyl groups is 1. The van der Waals surface area contributed by atoms with Gasteiger partial charge in [0.15, 0.2) is 23.5 Å². The number of nitrogens with one attached hydrogen (secondary N) is 3. The number of nitrogens with two attached hydrogens (primary N) is 4. The predicted molar refractivity (Wildman–Crippen MR) is 559 cm³/mol. The largest absolute Gasteiger partial charge is 0.503 e. The molecule has 11 aromatic carbocycles. The highest BCUT2D eigenvalue weighted by molar-refractivity contribution is 9.14. The monoisotopic (exact) mass is 2380 g/mol. The number of aromatic carboxylic acids is 1. The van der Waals surface area contributed by atoms with Crippen LogP contribution in [0.5, 0.6) is 17.2 Å². The summed E-state index contributed by atoms with van der Waals surface area (Å²) in [6, 6.07) is 70.7. The zero-order valence-electron chi connectivity index (χ0n) is 72.1. The van der Waals surface area contributed by atoms with Crippen LogP contribution in [-0.2, 0) is 25.6 Å². The zero-order valence-corrected chi connectivity index (χ0v) is 88.0. The Labute approximate surface area is 828 Å². The minimum atomic E-state index is -1.03. The van der Waals surface area contributed by atoms with E-state index in [0.717, 1.165) is 124 Å². The molecule has 22 nitrogen and oxygen atoms in total. The third kappa shape index (κ3) is 34.7. The number of hydrogen-bond donors (Lipinski definition) is 10. The topological polar surface area (TPSA) is 378 Å². The van der Waals surface area contributed by atoms with E-state index in [1.165, 1.54) is 33.5 Å². The number of carbonyl (C=O) groups is 4. The van der Waals surface area contributed by atoms with Crippen LogP contribution in [-0.4, -0.2) is 95.6 Å². The Hall–Kier alpha value is -9.55. The molecule has 14 N–H and O–H groups in total. The summed E-state index contributed by atoms with van der Waals surface area (Å²) in [7, 11) is 4.44. The number of H-pyrrole nitrogens is 3. The Balaban J connectivity index is 0.000000383. The van der Waals surface area contributed by atoms with Crippen LogP contribution in [0.15, 0.2) is 284 Å². The molecule has 0 amide bonds. The van der Waals surface area contributed by atoms with Crippen LogP contribution in [0.1, 0.15) is 106 Å². The summed E-state index contributed by atoms with van der Waals surface area (Å²) in [6.45, 7) is 20.3. The number of aliphatic hydroxyl groups excluding tert-OH is 1. The second-order valence-corrected chi connectivity index (χ2v) is 33.3. The summed E-state index contributed by atoms with van der Waals surface area (Å²) >= 11 is 32.9. The molecule has 0 unspecified atom stereocenters. The van der Waals surface area contributed by atoms with Gasteiger partial charge < -0.3 is 76.9 Å². The highest BCUT2D eigenvalue weighted by Gasteiger charge is 2.17. The van der Waals surface area contributed by atoms with Crippen LogP contribution in [0, 0.1) is 0 Å². The number of aromatic amines is 3. The van der Waals surface area contributed by atoms with Crippen molar-refractivity contribution in [3.8, 4) is 61.8 Å². The van der Waals surface area contributed by atoms with Gasteiger partial charge in [0.25, 0.3) is 16.7 Å². The highest BCUT2D eigenvalue weighted by Crippen LogP contribution is 2.39.